The van der Waals surface area contributed by atoms with Gasteiger partial charge >= 0.3 is 0 Å². The van der Waals surface area contributed by atoms with Crippen molar-refractivity contribution in [3.8, 4) is 0 Å². The van der Waals surface area contributed by atoms with Crippen LogP contribution in [0.15, 0.2) is 102 Å². The van der Waals surface area contributed by atoms with Crippen molar-refractivity contribution in [2.45, 2.75) is 0 Å². The van der Waals surface area contributed by atoms with Crippen LogP contribution in [0.4, 0.5) is 22.7 Å². The van der Waals surface area contributed by atoms with E-state index in [2.05, 4.69) is 80.1 Å². The van der Waals surface area contributed by atoms with Gasteiger partial charge in [0.25, 0.3) is 5.91 Å². The smallest absolute Gasteiger partial charge is 0.255 e. The Hall–Kier alpha value is -3.57. The second-order valence-electron chi connectivity index (χ2n) is 7.33. The van der Waals surface area contributed by atoms with E-state index in [1.165, 1.54) is 10.8 Å². The largest absolute Gasteiger partial charge is 0.379 e. The molecule has 0 fully saturated rings. The number of amides is 1. The Morgan fingerprint density at radius 1 is 0.935 bits per heavy atom. The zero-order chi connectivity index (χ0) is 21.2. The number of nitrogens with zero attached hydrogens (tertiary/aromatic N) is 1. The molecule has 0 spiro atoms. The van der Waals surface area contributed by atoms with Crippen LogP contribution in [-0.2, 0) is 0 Å². The molecule has 152 valence electrons. The first-order chi connectivity index (χ1) is 15.2. The van der Waals surface area contributed by atoms with Gasteiger partial charge < -0.3 is 15.5 Å². The first-order valence-corrected chi connectivity index (χ1v) is 10.9. The molecule has 1 heterocycles. The lowest BCUT2D eigenvalue weighted by Gasteiger charge is -2.23. The van der Waals surface area contributed by atoms with E-state index in [1.807, 2.05) is 36.4 Å². The lowest BCUT2D eigenvalue weighted by atomic mass is 10.1. The monoisotopic (exact) mass is 469 g/mol. The third-order valence-electron chi connectivity index (χ3n) is 5.31. The van der Waals surface area contributed by atoms with E-state index in [0.717, 1.165) is 33.8 Å². The number of anilines is 4. The molecule has 5 rings (SSSR count). The molecule has 0 radical (unpaired) electrons. The molecule has 0 aromatic heterocycles. The van der Waals surface area contributed by atoms with E-state index < -0.39 is 0 Å². The first kappa shape index (κ1) is 19.4. The van der Waals surface area contributed by atoms with Crippen molar-refractivity contribution in [3.63, 3.8) is 0 Å². The van der Waals surface area contributed by atoms with Gasteiger partial charge in [0.15, 0.2) is 0 Å². The Morgan fingerprint density at radius 2 is 1.77 bits per heavy atom. The number of carbonyl (C=O) groups is 1. The number of hydrogen-bond acceptors (Lipinski definition) is 3. The molecular formula is C26H20BrN3O. The van der Waals surface area contributed by atoms with Crippen LogP contribution in [0.5, 0.6) is 0 Å². The molecule has 5 heteroatoms. The SMILES string of the molecule is O=C(Nc1ccc(N2C=CCNc3c2ccc2ccccc32)cc1)c1cccc(Br)c1. The van der Waals surface area contributed by atoms with Crippen molar-refractivity contribution in [1.82, 2.24) is 0 Å². The molecule has 4 nitrogen and oxygen atoms in total. The van der Waals surface area contributed by atoms with E-state index in [-0.39, 0.29) is 5.91 Å². The highest BCUT2D eigenvalue weighted by molar-refractivity contribution is 9.10. The molecule has 0 bridgehead atoms. The standard InChI is InChI=1S/C26H20BrN3O/c27-20-7-3-6-19(17-20)26(31)29-21-10-12-22(13-11-21)30-16-4-15-28-25-23-8-2-1-5-18(23)9-14-24(25)30/h1-14,16-17,28H,15H2,(H,29,31). The molecule has 0 saturated heterocycles. The minimum atomic E-state index is -0.135. The number of carbonyl (C=O) groups excluding carboxylic acids is 1. The van der Waals surface area contributed by atoms with E-state index in [9.17, 15) is 4.79 Å². The number of fused-ring (bicyclic) bond motifs is 3. The summed E-state index contributed by atoms with van der Waals surface area (Å²) in [7, 11) is 0. The van der Waals surface area contributed by atoms with E-state index >= 15 is 0 Å². The molecule has 0 saturated carbocycles. The highest BCUT2D eigenvalue weighted by atomic mass is 79.9. The summed E-state index contributed by atoms with van der Waals surface area (Å²) in [6.07, 6.45) is 4.19. The quantitative estimate of drug-likeness (QED) is 0.341. The fraction of sp³-hybridized carbons (Fsp3) is 0.0385. The molecule has 0 aliphatic carbocycles. The predicted octanol–water partition coefficient (Wildman–Crippen LogP) is 6.93. The maximum atomic E-state index is 12.5. The van der Waals surface area contributed by atoms with E-state index in [1.54, 1.807) is 12.1 Å². The fourth-order valence-electron chi connectivity index (χ4n) is 3.81. The minimum Gasteiger partial charge on any atom is -0.379 e. The van der Waals surface area contributed by atoms with Gasteiger partial charge in [0.05, 0.1) is 11.4 Å². The summed E-state index contributed by atoms with van der Waals surface area (Å²) < 4.78 is 0.878. The zero-order valence-electron chi connectivity index (χ0n) is 16.7. The van der Waals surface area contributed by atoms with Crippen LogP contribution in [0.3, 0.4) is 0 Å². The molecule has 31 heavy (non-hydrogen) atoms. The molecule has 2 N–H and O–H groups in total. The molecular weight excluding hydrogens is 450 g/mol. The average molecular weight is 470 g/mol. The van der Waals surface area contributed by atoms with Crippen LogP contribution >= 0.6 is 15.9 Å². The van der Waals surface area contributed by atoms with Crippen molar-refractivity contribution in [3.05, 3.63) is 107 Å². The Bertz CT molecular complexity index is 1300. The van der Waals surface area contributed by atoms with E-state index in [0.29, 0.717) is 5.56 Å². The van der Waals surface area contributed by atoms with Crippen LogP contribution in [0.25, 0.3) is 10.8 Å². The van der Waals surface area contributed by atoms with Crippen molar-refractivity contribution in [1.29, 1.82) is 0 Å². The lowest BCUT2D eigenvalue weighted by molar-refractivity contribution is 0.102. The van der Waals surface area contributed by atoms with Crippen molar-refractivity contribution in [2.24, 2.45) is 0 Å². The Kier molecular flexibility index (Phi) is 5.18. The third kappa shape index (κ3) is 3.92. The number of halogens is 1. The Balaban J connectivity index is 1.43. The maximum absolute atomic E-state index is 12.5. The molecule has 0 atom stereocenters. The fourth-order valence-corrected chi connectivity index (χ4v) is 4.21. The van der Waals surface area contributed by atoms with Crippen molar-refractivity contribution < 1.29 is 4.79 Å². The van der Waals surface area contributed by atoms with Gasteiger partial charge in [0.2, 0.25) is 0 Å². The molecule has 1 amide bonds. The minimum absolute atomic E-state index is 0.135. The Labute approximate surface area is 189 Å². The van der Waals surface area contributed by atoms with Crippen molar-refractivity contribution in [2.75, 3.05) is 22.1 Å². The highest BCUT2D eigenvalue weighted by Crippen LogP contribution is 2.39. The first-order valence-electron chi connectivity index (χ1n) is 10.1. The van der Waals surface area contributed by atoms with Gasteiger partial charge in [0, 0.05) is 39.5 Å². The molecule has 1 aliphatic rings. The second-order valence-corrected chi connectivity index (χ2v) is 8.24. The van der Waals surface area contributed by atoms with Crippen LogP contribution < -0.4 is 15.5 Å². The summed E-state index contributed by atoms with van der Waals surface area (Å²) in [5.74, 6) is -0.135. The van der Waals surface area contributed by atoms with Crippen LogP contribution in [-0.4, -0.2) is 12.5 Å². The predicted molar refractivity (Wildman–Crippen MR) is 132 cm³/mol. The number of nitrogens with one attached hydrogen (secondary N) is 2. The summed E-state index contributed by atoms with van der Waals surface area (Å²) in [6.45, 7) is 0.762. The summed E-state index contributed by atoms with van der Waals surface area (Å²) in [5, 5.41) is 8.91. The molecule has 1 aliphatic heterocycles. The molecule has 4 aromatic rings. The van der Waals surface area contributed by atoms with Gasteiger partial charge in [-0.25, -0.2) is 0 Å². The van der Waals surface area contributed by atoms with Crippen LogP contribution in [0.2, 0.25) is 0 Å². The number of rotatable bonds is 3. The molecule has 4 aromatic carbocycles. The maximum Gasteiger partial charge on any atom is 0.255 e. The third-order valence-corrected chi connectivity index (χ3v) is 5.80. The molecule has 0 unspecified atom stereocenters. The second kappa shape index (κ2) is 8.28. The van der Waals surface area contributed by atoms with Gasteiger partial charge in [-0.3, -0.25) is 4.79 Å². The summed E-state index contributed by atoms with van der Waals surface area (Å²) in [5.41, 5.74) is 4.61. The summed E-state index contributed by atoms with van der Waals surface area (Å²) in [6, 6.07) is 27.9. The summed E-state index contributed by atoms with van der Waals surface area (Å²) >= 11 is 3.41. The van der Waals surface area contributed by atoms with E-state index in [4.69, 9.17) is 0 Å². The lowest BCUT2D eigenvalue weighted by Crippen LogP contribution is -2.12. The van der Waals surface area contributed by atoms with Gasteiger partial charge in [-0.2, -0.15) is 0 Å². The highest BCUT2D eigenvalue weighted by Gasteiger charge is 2.16. The zero-order valence-corrected chi connectivity index (χ0v) is 18.3. The van der Waals surface area contributed by atoms with Gasteiger partial charge in [-0.05, 0) is 60.0 Å². The van der Waals surface area contributed by atoms with Crippen LogP contribution in [0.1, 0.15) is 10.4 Å². The van der Waals surface area contributed by atoms with Crippen LogP contribution in [0, 0.1) is 0 Å². The number of benzene rings is 4. The van der Waals surface area contributed by atoms with Crippen molar-refractivity contribution >= 4 is 55.4 Å². The Morgan fingerprint density at radius 3 is 2.61 bits per heavy atom. The number of hydrogen-bond donors (Lipinski definition) is 2. The normalized spacial score (nSPS) is 12.7. The summed E-state index contributed by atoms with van der Waals surface area (Å²) in [4.78, 5) is 14.7. The van der Waals surface area contributed by atoms with Gasteiger partial charge in [-0.1, -0.05) is 52.3 Å². The van der Waals surface area contributed by atoms with Gasteiger partial charge in [0.1, 0.15) is 0 Å². The average Bonchev–Trinajstić information content (AvgIpc) is 3.02. The topological polar surface area (TPSA) is 44.4 Å². The van der Waals surface area contributed by atoms with Gasteiger partial charge in [-0.15, -0.1) is 0 Å².